The van der Waals surface area contributed by atoms with E-state index in [2.05, 4.69) is 10.4 Å². The minimum absolute atomic E-state index is 0.0747. The molecule has 1 aromatic heterocycles. The van der Waals surface area contributed by atoms with Crippen LogP contribution in [0.1, 0.15) is 29.9 Å². The van der Waals surface area contributed by atoms with Crippen molar-refractivity contribution in [2.75, 3.05) is 25.6 Å². The van der Waals surface area contributed by atoms with Gasteiger partial charge in [-0.2, -0.15) is 0 Å². The van der Waals surface area contributed by atoms with Crippen LogP contribution in [-0.2, 0) is 4.74 Å². The van der Waals surface area contributed by atoms with E-state index in [4.69, 9.17) is 10.6 Å². The second-order valence-electron chi connectivity index (χ2n) is 4.67. The first-order chi connectivity index (χ1) is 8.93. The maximum atomic E-state index is 12.2. The fraction of sp³-hybridized carbons (Fsp3) is 0.538. The van der Waals surface area contributed by atoms with Crippen LogP contribution < -0.4 is 11.3 Å². The van der Waals surface area contributed by atoms with Crippen molar-refractivity contribution >= 4 is 11.7 Å². The van der Waals surface area contributed by atoms with Gasteiger partial charge in [-0.15, -0.1) is 0 Å². The highest BCUT2D eigenvalue weighted by Crippen LogP contribution is 2.11. The molecule has 0 bridgehead atoms. The highest BCUT2D eigenvalue weighted by atomic mass is 16.5. The number of nitrogen functional groups attached to an aromatic ring is 1. The summed E-state index contributed by atoms with van der Waals surface area (Å²) in [4.78, 5) is 18.0. The number of rotatable bonds is 6. The molecule has 0 aliphatic carbocycles. The number of amides is 1. The first kappa shape index (κ1) is 15.4. The Hall–Kier alpha value is -1.66. The van der Waals surface area contributed by atoms with Crippen molar-refractivity contribution in [3.8, 4) is 0 Å². The van der Waals surface area contributed by atoms with E-state index in [1.54, 1.807) is 24.1 Å². The van der Waals surface area contributed by atoms with Crippen molar-refractivity contribution in [2.24, 2.45) is 5.84 Å². The van der Waals surface area contributed by atoms with E-state index in [9.17, 15) is 4.79 Å². The summed E-state index contributed by atoms with van der Waals surface area (Å²) in [5.74, 6) is 5.73. The number of nitrogens with zero attached hydrogens (tertiary/aromatic N) is 2. The number of carbonyl (C=O) groups is 1. The maximum absolute atomic E-state index is 12.2. The number of carbonyl (C=O) groups excluding carboxylic acids is 1. The molecule has 0 saturated heterocycles. The SMILES string of the molecule is Cc1cc(C(=O)N(C)CCOC(C)C)cc(NN)n1. The summed E-state index contributed by atoms with van der Waals surface area (Å²) in [6.07, 6.45) is 0.166. The topological polar surface area (TPSA) is 80.5 Å². The zero-order chi connectivity index (χ0) is 14.4. The van der Waals surface area contributed by atoms with Crippen LogP contribution >= 0.6 is 0 Å². The Balaban J connectivity index is 2.68. The molecule has 1 heterocycles. The first-order valence-corrected chi connectivity index (χ1v) is 6.26. The Kier molecular flexibility index (Phi) is 5.72. The summed E-state index contributed by atoms with van der Waals surface area (Å²) >= 11 is 0. The van der Waals surface area contributed by atoms with E-state index < -0.39 is 0 Å². The summed E-state index contributed by atoms with van der Waals surface area (Å²) in [5.41, 5.74) is 3.76. The molecule has 0 saturated carbocycles. The number of hydrazine groups is 1. The predicted octanol–water partition coefficient (Wildman–Crippen LogP) is 1.17. The molecule has 0 fully saturated rings. The standard InChI is InChI=1S/C13H22N4O2/c1-9(2)19-6-5-17(4)13(18)11-7-10(3)15-12(8-11)16-14/h7-9H,5-6,14H2,1-4H3,(H,15,16). The van der Waals surface area contributed by atoms with Crippen LogP contribution in [0.4, 0.5) is 5.82 Å². The molecule has 0 aliphatic heterocycles. The van der Waals surface area contributed by atoms with E-state index in [0.717, 1.165) is 5.69 Å². The van der Waals surface area contributed by atoms with Gasteiger partial charge in [0.1, 0.15) is 5.82 Å². The molecule has 0 unspecified atom stereocenters. The zero-order valence-corrected chi connectivity index (χ0v) is 11.9. The van der Waals surface area contributed by atoms with Gasteiger partial charge in [-0.1, -0.05) is 0 Å². The molecule has 0 aromatic carbocycles. The molecular weight excluding hydrogens is 244 g/mol. The summed E-state index contributed by atoms with van der Waals surface area (Å²) in [6, 6.07) is 3.37. The molecule has 3 N–H and O–H groups in total. The average Bonchev–Trinajstić information content (AvgIpc) is 2.36. The summed E-state index contributed by atoms with van der Waals surface area (Å²) in [6.45, 7) is 6.82. The predicted molar refractivity (Wildman–Crippen MR) is 74.8 cm³/mol. The van der Waals surface area contributed by atoms with Gasteiger partial charge < -0.3 is 15.1 Å². The molecule has 0 aliphatic rings. The highest BCUT2D eigenvalue weighted by Gasteiger charge is 2.13. The van der Waals surface area contributed by atoms with Crippen molar-refractivity contribution in [3.05, 3.63) is 23.4 Å². The third-order valence-corrected chi connectivity index (χ3v) is 2.57. The summed E-state index contributed by atoms with van der Waals surface area (Å²) in [7, 11) is 1.75. The molecule has 1 rings (SSSR count). The quantitative estimate of drug-likeness (QED) is 0.597. The van der Waals surface area contributed by atoms with Crippen LogP contribution in [0.5, 0.6) is 0 Å². The molecule has 1 amide bonds. The smallest absolute Gasteiger partial charge is 0.253 e. The van der Waals surface area contributed by atoms with E-state index in [0.29, 0.717) is 24.5 Å². The van der Waals surface area contributed by atoms with Crippen molar-refractivity contribution in [3.63, 3.8) is 0 Å². The molecule has 1 aromatic rings. The molecule has 0 atom stereocenters. The van der Waals surface area contributed by atoms with Crippen molar-refractivity contribution < 1.29 is 9.53 Å². The number of ether oxygens (including phenoxy) is 1. The number of hydrogen-bond acceptors (Lipinski definition) is 5. The molecule has 19 heavy (non-hydrogen) atoms. The van der Waals surface area contributed by atoms with E-state index in [-0.39, 0.29) is 12.0 Å². The van der Waals surface area contributed by atoms with Crippen LogP contribution in [-0.4, -0.2) is 42.1 Å². The molecule has 0 spiro atoms. The van der Waals surface area contributed by atoms with Crippen LogP contribution in [0.3, 0.4) is 0 Å². The number of nitrogens with two attached hydrogens (primary N) is 1. The van der Waals surface area contributed by atoms with E-state index >= 15 is 0 Å². The number of aromatic nitrogens is 1. The summed E-state index contributed by atoms with van der Waals surface area (Å²) < 4.78 is 5.43. The third kappa shape index (κ3) is 4.84. The highest BCUT2D eigenvalue weighted by molar-refractivity contribution is 5.94. The number of hydrogen-bond donors (Lipinski definition) is 2. The average molecular weight is 266 g/mol. The Bertz CT molecular complexity index is 435. The minimum Gasteiger partial charge on any atom is -0.377 e. The van der Waals surface area contributed by atoms with Crippen LogP contribution in [0, 0.1) is 6.92 Å². The second kappa shape index (κ2) is 7.06. The Morgan fingerprint density at radius 3 is 2.79 bits per heavy atom. The van der Waals surface area contributed by atoms with Crippen LogP contribution in [0.25, 0.3) is 0 Å². The molecule has 6 heteroatoms. The van der Waals surface area contributed by atoms with Crippen LogP contribution in [0.2, 0.25) is 0 Å². The maximum Gasteiger partial charge on any atom is 0.253 e. The normalized spacial score (nSPS) is 10.6. The van der Waals surface area contributed by atoms with Crippen molar-refractivity contribution in [2.45, 2.75) is 26.9 Å². The molecule has 0 radical (unpaired) electrons. The van der Waals surface area contributed by atoms with Gasteiger partial charge in [-0.3, -0.25) is 4.79 Å². The minimum atomic E-state index is -0.0747. The van der Waals surface area contributed by atoms with Crippen LogP contribution in [0.15, 0.2) is 12.1 Å². The lowest BCUT2D eigenvalue weighted by molar-refractivity contribution is 0.0532. The number of likely N-dealkylation sites (N-methyl/N-ethyl adjacent to an activating group) is 1. The van der Waals surface area contributed by atoms with Crippen molar-refractivity contribution in [1.29, 1.82) is 0 Å². The van der Waals surface area contributed by atoms with Gasteiger partial charge in [0, 0.05) is 24.8 Å². The molecule has 6 nitrogen and oxygen atoms in total. The lowest BCUT2D eigenvalue weighted by atomic mass is 10.2. The van der Waals surface area contributed by atoms with Gasteiger partial charge in [0.25, 0.3) is 5.91 Å². The summed E-state index contributed by atoms with van der Waals surface area (Å²) in [5, 5.41) is 0. The Labute approximate surface area is 113 Å². The Morgan fingerprint density at radius 2 is 2.21 bits per heavy atom. The van der Waals surface area contributed by atoms with Gasteiger partial charge in [-0.05, 0) is 32.9 Å². The number of pyridine rings is 1. The number of aryl methyl sites for hydroxylation is 1. The third-order valence-electron chi connectivity index (χ3n) is 2.57. The van der Waals surface area contributed by atoms with Gasteiger partial charge >= 0.3 is 0 Å². The van der Waals surface area contributed by atoms with Gasteiger partial charge in [-0.25, -0.2) is 10.8 Å². The fourth-order valence-corrected chi connectivity index (χ4v) is 1.61. The van der Waals surface area contributed by atoms with E-state index in [1.807, 2.05) is 20.8 Å². The monoisotopic (exact) mass is 266 g/mol. The molecule has 106 valence electrons. The number of anilines is 1. The molecular formula is C13H22N4O2. The lowest BCUT2D eigenvalue weighted by Crippen LogP contribution is -2.31. The largest absolute Gasteiger partial charge is 0.377 e. The van der Waals surface area contributed by atoms with Gasteiger partial charge in [0.05, 0.1) is 12.7 Å². The first-order valence-electron chi connectivity index (χ1n) is 6.26. The van der Waals surface area contributed by atoms with Crippen molar-refractivity contribution in [1.82, 2.24) is 9.88 Å². The fourth-order valence-electron chi connectivity index (χ4n) is 1.61. The van der Waals surface area contributed by atoms with E-state index in [1.165, 1.54) is 0 Å². The second-order valence-corrected chi connectivity index (χ2v) is 4.67. The lowest BCUT2D eigenvalue weighted by Gasteiger charge is -2.18. The number of nitrogens with one attached hydrogen (secondary N) is 1. The zero-order valence-electron chi connectivity index (χ0n) is 11.9. The Morgan fingerprint density at radius 1 is 1.53 bits per heavy atom. The van der Waals surface area contributed by atoms with Gasteiger partial charge in [0.15, 0.2) is 0 Å². The van der Waals surface area contributed by atoms with Gasteiger partial charge in [0.2, 0.25) is 0 Å².